The van der Waals surface area contributed by atoms with Crippen molar-refractivity contribution in [3.8, 4) is 0 Å². The maximum Gasteiger partial charge on any atom is 0.365 e. The van der Waals surface area contributed by atoms with E-state index >= 15 is 0 Å². The van der Waals surface area contributed by atoms with Gasteiger partial charge in [0.05, 0.1) is 25.1 Å². The van der Waals surface area contributed by atoms with E-state index in [1.807, 2.05) is 0 Å². The third kappa shape index (κ3) is 5.78. The number of nitrogens with zero attached hydrogens (tertiary/aromatic N) is 1. The zero-order valence-corrected chi connectivity index (χ0v) is 14.0. The van der Waals surface area contributed by atoms with Gasteiger partial charge in [0, 0.05) is 25.3 Å². The molecule has 9 heteroatoms. The Morgan fingerprint density at radius 3 is 2.57 bits per heavy atom. The van der Waals surface area contributed by atoms with Crippen molar-refractivity contribution in [2.24, 2.45) is 0 Å². The predicted molar refractivity (Wildman–Crippen MR) is 85.5 cm³/mol. The predicted octanol–water partition coefficient (Wildman–Crippen LogP) is 1.22. The van der Waals surface area contributed by atoms with Gasteiger partial charge in [0.2, 0.25) is 0 Å². The normalized spacial score (nSPS) is 11.1. The summed E-state index contributed by atoms with van der Waals surface area (Å²) in [5.74, 6) is 0. The van der Waals surface area contributed by atoms with Crippen LogP contribution in [0, 0.1) is 0 Å². The van der Waals surface area contributed by atoms with E-state index in [0.717, 1.165) is 0 Å². The quantitative estimate of drug-likeness (QED) is 0.515. The van der Waals surface area contributed by atoms with Crippen LogP contribution < -0.4 is 11.2 Å². The van der Waals surface area contributed by atoms with Crippen molar-refractivity contribution in [3.63, 3.8) is 0 Å². The van der Waals surface area contributed by atoms with Crippen molar-refractivity contribution < 1.29 is 18.7 Å². The van der Waals surface area contributed by atoms with Gasteiger partial charge >= 0.3 is 13.3 Å². The minimum atomic E-state index is -3.52. The first kappa shape index (κ1) is 19.4. The minimum absolute atomic E-state index is 0.0777. The summed E-state index contributed by atoms with van der Waals surface area (Å²) in [7, 11) is -3.52. The lowest BCUT2D eigenvalue weighted by atomic mass is 10.4. The Morgan fingerprint density at radius 1 is 1.39 bits per heavy atom. The Hall–Kier alpha value is -1.69. The summed E-state index contributed by atoms with van der Waals surface area (Å²) in [4.78, 5) is 24.7. The minimum Gasteiger partial charge on any atom is -0.396 e. The first-order valence-corrected chi connectivity index (χ1v) is 8.75. The maximum atomic E-state index is 12.7. The van der Waals surface area contributed by atoms with Gasteiger partial charge < -0.3 is 14.2 Å². The molecule has 1 aromatic rings. The molecule has 23 heavy (non-hydrogen) atoms. The van der Waals surface area contributed by atoms with Crippen molar-refractivity contribution in [1.82, 2.24) is 9.55 Å². The van der Waals surface area contributed by atoms with E-state index in [1.54, 1.807) is 13.8 Å². The van der Waals surface area contributed by atoms with Crippen LogP contribution in [0.25, 0.3) is 0 Å². The molecule has 0 atom stereocenters. The van der Waals surface area contributed by atoms with Gasteiger partial charge in [-0.1, -0.05) is 0 Å². The Balaban J connectivity index is 3.11. The molecular weight excluding hydrogens is 323 g/mol. The molecule has 0 saturated carbocycles. The number of aliphatic hydroxyl groups is 1. The first-order chi connectivity index (χ1) is 11.0. The molecule has 8 nitrogen and oxygen atoms in total. The van der Waals surface area contributed by atoms with Gasteiger partial charge in [0.25, 0.3) is 5.56 Å². The first-order valence-electron chi connectivity index (χ1n) is 7.21. The zero-order valence-electron chi connectivity index (χ0n) is 13.2. The highest BCUT2D eigenvalue weighted by Crippen LogP contribution is 2.56. The number of aromatic nitrogens is 2. The molecule has 128 valence electrons. The van der Waals surface area contributed by atoms with E-state index in [1.165, 1.54) is 22.9 Å². The molecule has 0 unspecified atom stereocenters. The van der Waals surface area contributed by atoms with Crippen LogP contribution in [-0.2, 0) is 20.2 Å². The molecule has 0 aliphatic rings. The average molecular weight is 344 g/mol. The fourth-order valence-corrected chi connectivity index (χ4v) is 3.47. The Labute approximate surface area is 133 Å². The van der Waals surface area contributed by atoms with Gasteiger partial charge in [0.15, 0.2) is 0 Å². The molecule has 0 spiro atoms. The van der Waals surface area contributed by atoms with Crippen LogP contribution in [0.2, 0.25) is 0 Å². The number of aliphatic hydroxyl groups excluding tert-OH is 1. The summed E-state index contributed by atoms with van der Waals surface area (Å²) in [6.07, 6.45) is 2.89. The monoisotopic (exact) mass is 344 g/mol. The fraction of sp³-hybridized carbons (Fsp3) is 0.500. The van der Waals surface area contributed by atoms with Crippen LogP contribution in [0.15, 0.2) is 39.0 Å². The van der Waals surface area contributed by atoms with Crippen molar-refractivity contribution in [3.05, 3.63) is 50.2 Å². The van der Waals surface area contributed by atoms with E-state index < -0.39 is 18.8 Å². The second-order valence-electron chi connectivity index (χ2n) is 4.36. The van der Waals surface area contributed by atoms with Gasteiger partial charge in [-0.3, -0.25) is 18.9 Å². The maximum absolute atomic E-state index is 12.7. The standard InChI is InChI=1S/C14H21N2O6P/c1-3-21-23(20,22-4-2)12(8-11-17)6-5-9-16-10-7-13(18)15-14(16)19/h5,7,10,17H,3-4,8-9,11H2,1-2H3,(H,15,18,19). The van der Waals surface area contributed by atoms with E-state index in [4.69, 9.17) is 14.2 Å². The molecular formula is C14H21N2O6P. The highest BCUT2D eigenvalue weighted by molar-refractivity contribution is 7.58. The van der Waals surface area contributed by atoms with Gasteiger partial charge in [-0.05, 0) is 19.9 Å². The fourth-order valence-electron chi connectivity index (χ4n) is 1.78. The largest absolute Gasteiger partial charge is 0.396 e. The third-order valence-corrected chi connectivity index (χ3v) is 4.94. The summed E-state index contributed by atoms with van der Waals surface area (Å²) >= 11 is 0. The number of H-pyrrole nitrogens is 1. The van der Waals surface area contributed by atoms with E-state index in [2.05, 4.69) is 10.7 Å². The molecule has 0 amide bonds. The van der Waals surface area contributed by atoms with Crippen LogP contribution in [0.4, 0.5) is 0 Å². The zero-order chi connectivity index (χ0) is 17.3. The van der Waals surface area contributed by atoms with Gasteiger partial charge in [-0.25, -0.2) is 4.79 Å². The highest BCUT2D eigenvalue weighted by Gasteiger charge is 2.28. The second-order valence-corrected chi connectivity index (χ2v) is 6.42. The second kappa shape index (κ2) is 9.45. The Bertz CT molecular complexity index is 719. The van der Waals surface area contributed by atoms with Crippen molar-refractivity contribution in [1.29, 1.82) is 0 Å². The smallest absolute Gasteiger partial charge is 0.365 e. The molecule has 2 N–H and O–H groups in total. The number of rotatable bonds is 9. The molecule has 0 aromatic carbocycles. The summed E-state index contributed by atoms with van der Waals surface area (Å²) in [5, 5.41) is 9.34. The van der Waals surface area contributed by atoms with Crippen molar-refractivity contribution in [2.45, 2.75) is 26.8 Å². The van der Waals surface area contributed by atoms with Gasteiger partial charge in [-0.2, -0.15) is 0 Å². The number of hydrogen-bond acceptors (Lipinski definition) is 6. The van der Waals surface area contributed by atoms with Crippen molar-refractivity contribution in [2.75, 3.05) is 19.8 Å². The number of nitrogens with one attached hydrogen (secondary N) is 1. The number of aromatic amines is 1. The Kier molecular flexibility index (Phi) is 7.95. The lowest BCUT2D eigenvalue weighted by molar-refractivity contribution is 0.222. The van der Waals surface area contributed by atoms with Crippen LogP contribution in [0.3, 0.4) is 0 Å². The molecule has 1 aromatic heterocycles. The molecule has 1 rings (SSSR count). The lowest BCUT2D eigenvalue weighted by Gasteiger charge is -2.18. The summed E-state index contributed by atoms with van der Waals surface area (Å²) in [6.45, 7) is 3.62. The topological polar surface area (TPSA) is 111 Å². The van der Waals surface area contributed by atoms with Crippen LogP contribution in [0.1, 0.15) is 20.3 Å². The van der Waals surface area contributed by atoms with E-state index in [0.29, 0.717) is 0 Å². The summed E-state index contributed by atoms with van der Waals surface area (Å²) in [5.41, 5.74) is 1.75. The van der Waals surface area contributed by atoms with E-state index in [-0.39, 0.29) is 38.1 Å². The number of hydrogen-bond donors (Lipinski definition) is 2. The van der Waals surface area contributed by atoms with Gasteiger partial charge in [0.1, 0.15) is 0 Å². The van der Waals surface area contributed by atoms with E-state index in [9.17, 15) is 14.2 Å². The molecule has 0 radical (unpaired) electrons. The molecule has 0 aliphatic carbocycles. The third-order valence-electron chi connectivity index (χ3n) is 2.73. The average Bonchev–Trinajstić information content (AvgIpc) is 2.49. The van der Waals surface area contributed by atoms with Gasteiger partial charge in [-0.15, -0.1) is 5.73 Å². The van der Waals surface area contributed by atoms with Crippen molar-refractivity contribution >= 4 is 7.60 Å². The summed E-state index contributed by atoms with van der Waals surface area (Å²) in [6, 6.07) is 1.22. The molecule has 0 saturated heterocycles. The van der Waals surface area contributed by atoms with Crippen LogP contribution in [-0.4, -0.2) is 34.5 Å². The molecule has 0 fully saturated rings. The van der Waals surface area contributed by atoms with Crippen LogP contribution >= 0.6 is 7.60 Å². The molecule has 0 bridgehead atoms. The molecule has 0 aliphatic heterocycles. The SMILES string of the molecule is CCOP(=O)(OCC)C(=C=CCn1ccc(=O)[nH]c1=O)CCO. The highest BCUT2D eigenvalue weighted by atomic mass is 31.2. The molecule has 1 heterocycles. The summed E-state index contributed by atoms with van der Waals surface area (Å²) < 4.78 is 24.3. The lowest BCUT2D eigenvalue weighted by Crippen LogP contribution is -2.28. The van der Waals surface area contributed by atoms with Crippen LogP contribution in [0.5, 0.6) is 0 Å². The Morgan fingerprint density at radius 2 is 2.04 bits per heavy atom.